The van der Waals surface area contributed by atoms with Gasteiger partial charge < -0.3 is 14.2 Å². The fourth-order valence-electron chi connectivity index (χ4n) is 8.68. The van der Waals surface area contributed by atoms with E-state index in [-0.39, 0.29) is 31.1 Å². The zero-order valence-corrected chi connectivity index (χ0v) is 43.3. The number of rotatable bonds is 53. The third kappa shape index (κ3) is 51.1. The summed E-state index contributed by atoms with van der Waals surface area (Å²) in [6.45, 7) is 6.68. The highest BCUT2D eigenvalue weighted by molar-refractivity contribution is 5.71. The van der Waals surface area contributed by atoms with Gasteiger partial charge in [-0.15, -0.1) is 0 Å². The van der Waals surface area contributed by atoms with Crippen molar-refractivity contribution in [1.82, 2.24) is 0 Å². The van der Waals surface area contributed by atoms with Crippen LogP contribution in [-0.2, 0) is 28.6 Å². The second kappa shape index (κ2) is 53.8. The summed E-state index contributed by atoms with van der Waals surface area (Å²) in [5.74, 6) is -0.861. The van der Waals surface area contributed by atoms with Gasteiger partial charge >= 0.3 is 17.9 Å². The molecule has 0 amide bonds. The van der Waals surface area contributed by atoms with E-state index in [1.165, 1.54) is 218 Å². The molecule has 64 heavy (non-hydrogen) atoms. The third-order valence-electron chi connectivity index (χ3n) is 13.0. The van der Waals surface area contributed by atoms with Gasteiger partial charge in [0.2, 0.25) is 0 Å². The Labute approximate surface area is 399 Å². The van der Waals surface area contributed by atoms with E-state index in [4.69, 9.17) is 14.2 Å². The van der Waals surface area contributed by atoms with Crippen LogP contribution in [0.25, 0.3) is 0 Å². The van der Waals surface area contributed by atoms with E-state index in [2.05, 4.69) is 32.9 Å². The first-order valence-electron chi connectivity index (χ1n) is 28.7. The summed E-state index contributed by atoms with van der Waals surface area (Å²) >= 11 is 0. The SMILES string of the molecule is CCCCCCCC/C=C\CCCCCC(=O)OCC(COC(=O)CCCCCCCCCCCCCCCCCCC)OC(=O)CCCCCCCCCCCCCCCCCC. The van der Waals surface area contributed by atoms with E-state index in [1.54, 1.807) is 0 Å². The van der Waals surface area contributed by atoms with Crippen molar-refractivity contribution in [2.75, 3.05) is 13.2 Å². The quantitative estimate of drug-likeness (QED) is 0.0262. The van der Waals surface area contributed by atoms with E-state index < -0.39 is 6.10 Å². The molecule has 0 radical (unpaired) electrons. The van der Waals surface area contributed by atoms with Crippen LogP contribution in [0.15, 0.2) is 12.2 Å². The van der Waals surface area contributed by atoms with Crippen molar-refractivity contribution in [1.29, 1.82) is 0 Å². The molecular weight excluding hydrogens is 793 g/mol. The number of unbranched alkanes of at least 4 members (excludes halogenated alkanes) is 40. The van der Waals surface area contributed by atoms with Gasteiger partial charge in [-0.3, -0.25) is 14.4 Å². The Bertz CT molecular complexity index is 993. The van der Waals surface area contributed by atoms with Crippen molar-refractivity contribution in [2.45, 2.75) is 329 Å². The van der Waals surface area contributed by atoms with Crippen LogP contribution in [0, 0.1) is 0 Å². The monoisotopic (exact) mass is 903 g/mol. The number of ether oxygens (including phenoxy) is 3. The van der Waals surface area contributed by atoms with Crippen LogP contribution in [0.2, 0.25) is 0 Å². The highest BCUT2D eigenvalue weighted by Gasteiger charge is 2.19. The topological polar surface area (TPSA) is 78.9 Å². The Balaban J connectivity index is 4.31. The van der Waals surface area contributed by atoms with Crippen molar-refractivity contribution in [3.63, 3.8) is 0 Å². The molecule has 0 bridgehead atoms. The predicted molar refractivity (Wildman–Crippen MR) is 275 cm³/mol. The first kappa shape index (κ1) is 62.1. The largest absolute Gasteiger partial charge is 0.462 e. The van der Waals surface area contributed by atoms with E-state index in [0.717, 1.165) is 64.2 Å². The van der Waals surface area contributed by atoms with Crippen LogP contribution < -0.4 is 0 Å². The Morgan fingerprint density at radius 1 is 0.297 bits per heavy atom. The second-order valence-corrected chi connectivity index (χ2v) is 19.6. The van der Waals surface area contributed by atoms with Crippen molar-refractivity contribution in [3.05, 3.63) is 12.2 Å². The van der Waals surface area contributed by atoms with Crippen LogP contribution >= 0.6 is 0 Å². The fraction of sp³-hybridized carbons (Fsp3) is 0.914. The zero-order valence-electron chi connectivity index (χ0n) is 43.3. The minimum absolute atomic E-state index is 0.0686. The molecule has 0 rings (SSSR count). The lowest BCUT2D eigenvalue weighted by atomic mass is 10.0. The zero-order chi connectivity index (χ0) is 46.5. The molecule has 0 saturated carbocycles. The smallest absolute Gasteiger partial charge is 0.306 e. The van der Waals surface area contributed by atoms with Crippen LogP contribution in [0.5, 0.6) is 0 Å². The summed E-state index contributed by atoms with van der Waals surface area (Å²) in [4.78, 5) is 38.1. The number of carbonyl (C=O) groups excluding carboxylic acids is 3. The molecule has 1 unspecified atom stereocenters. The van der Waals surface area contributed by atoms with Crippen molar-refractivity contribution < 1.29 is 28.6 Å². The second-order valence-electron chi connectivity index (χ2n) is 19.6. The molecular formula is C58H110O6. The standard InChI is InChI=1S/C58H110O6/c1-4-7-10-13-16-19-22-25-27-29-31-33-36-39-42-45-48-51-57(60)63-54-55(53-62-56(59)50-47-44-41-38-35-32-24-21-18-15-12-9-6-3)64-58(61)52-49-46-43-40-37-34-30-28-26-23-20-17-14-11-8-5-2/h32,35,55H,4-31,33-34,36-54H2,1-3H3/b35-32-. The molecule has 0 aliphatic heterocycles. The lowest BCUT2D eigenvalue weighted by Crippen LogP contribution is -2.30. The molecule has 0 aromatic heterocycles. The molecule has 378 valence electrons. The van der Waals surface area contributed by atoms with Crippen LogP contribution in [-0.4, -0.2) is 37.2 Å². The Kier molecular flexibility index (Phi) is 52.2. The van der Waals surface area contributed by atoms with Crippen LogP contribution in [0.3, 0.4) is 0 Å². The van der Waals surface area contributed by atoms with Gasteiger partial charge in [0.1, 0.15) is 13.2 Å². The maximum Gasteiger partial charge on any atom is 0.306 e. The summed E-state index contributed by atoms with van der Waals surface area (Å²) in [6.07, 6.45) is 60.6. The minimum Gasteiger partial charge on any atom is -0.462 e. The van der Waals surface area contributed by atoms with Crippen LogP contribution in [0.4, 0.5) is 0 Å². The van der Waals surface area contributed by atoms with Crippen molar-refractivity contribution in [3.8, 4) is 0 Å². The summed E-state index contributed by atoms with van der Waals surface area (Å²) in [5, 5.41) is 0. The average molecular weight is 904 g/mol. The summed E-state index contributed by atoms with van der Waals surface area (Å²) in [7, 11) is 0. The molecule has 6 nitrogen and oxygen atoms in total. The molecule has 0 aromatic carbocycles. The highest BCUT2D eigenvalue weighted by Crippen LogP contribution is 2.17. The number of esters is 3. The number of carbonyl (C=O) groups is 3. The van der Waals surface area contributed by atoms with Crippen molar-refractivity contribution >= 4 is 17.9 Å². The number of hydrogen-bond donors (Lipinski definition) is 0. The summed E-state index contributed by atoms with van der Waals surface area (Å²) in [5.41, 5.74) is 0. The molecule has 0 aromatic rings. The lowest BCUT2D eigenvalue weighted by molar-refractivity contribution is -0.167. The van der Waals surface area contributed by atoms with Crippen molar-refractivity contribution in [2.24, 2.45) is 0 Å². The van der Waals surface area contributed by atoms with Gasteiger partial charge in [-0.1, -0.05) is 270 Å². The fourth-order valence-corrected chi connectivity index (χ4v) is 8.68. The van der Waals surface area contributed by atoms with Gasteiger partial charge in [-0.05, 0) is 44.9 Å². The molecule has 0 fully saturated rings. The molecule has 1 atom stereocenters. The van der Waals surface area contributed by atoms with Gasteiger partial charge in [0.15, 0.2) is 6.10 Å². The normalized spacial score (nSPS) is 12.0. The highest BCUT2D eigenvalue weighted by atomic mass is 16.6. The maximum atomic E-state index is 12.8. The summed E-state index contributed by atoms with van der Waals surface area (Å²) < 4.78 is 16.9. The van der Waals surface area contributed by atoms with E-state index in [0.29, 0.717) is 19.3 Å². The van der Waals surface area contributed by atoms with Gasteiger partial charge in [-0.25, -0.2) is 0 Å². The molecule has 0 aliphatic rings. The molecule has 0 aliphatic carbocycles. The minimum atomic E-state index is -0.770. The van der Waals surface area contributed by atoms with E-state index >= 15 is 0 Å². The Morgan fingerprint density at radius 3 is 0.797 bits per heavy atom. The first-order chi connectivity index (χ1) is 31.5. The third-order valence-corrected chi connectivity index (χ3v) is 13.0. The van der Waals surface area contributed by atoms with Gasteiger partial charge in [-0.2, -0.15) is 0 Å². The predicted octanol–water partition coefficient (Wildman–Crippen LogP) is 18.9. The number of hydrogen-bond acceptors (Lipinski definition) is 6. The van der Waals surface area contributed by atoms with Crippen LogP contribution in [0.1, 0.15) is 323 Å². The average Bonchev–Trinajstić information content (AvgIpc) is 3.29. The molecule has 0 spiro atoms. The van der Waals surface area contributed by atoms with E-state index in [1.807, 2.05) is 0 Å². The molecule has 6 heteroatoms. The lowest BCUT2D eigenvalue weighted by Gasteiger charge is -2.18. The number of allylic oxidation sites excluding steroid dienone is 2. The summed E-state index contributed by atoms with van der Waals surface area (Å²) in [6, 6.07) is 0. The van der Waals surface area contributed by atoms with Gasteiger partial charge in [0, 0.05) is 19.3 Å². The Morgan fingerprint density at radius 2 is 0.516 bits per heavy atom. The van der Waals surface area contributed by atoms with E-state index in [9.17, 15) is 14.4 Å². The maximum absolute atomic E-state index is 12.8. The van der Waals surface area contributed by atoms with Gasteiger partial charge in [0.25, 0.3) is 0 Å². The molecule has 0 saturated heterocycles. The van der Waals surface area contributed by atoms with Gasteiger partial charge in [0.05, 0.1) is 0 Å². The first-order valence-corrected chi connectivity index (χ1v) is 28.7. The Hall–Kier alpha value is -1.85. The molecule has 0 heterocycles. The molecule has 0 N–H and O–H groups in total.